The third kappa shape index (κ3) is 3.92. The van der Waals surface area contributed by atoms with Crippen molar-refractivity contribution in [2.24, 2.45) is 0 Å². The largest absolute Gasteiger partial charge is 0.341 e. The summed E-state index contributed by atoms with van der Waals surface area (Å²) in [5.41, 5.74) is 0.921. The zero-order chi connectivity index (χ0) is 14.5. The number of hydrogen-bond acceptors (Lipinski definition) is 5. The van der Waals surface area contributed by atoms with Crippen LogP contribution in [-0.4, -0.2) is 28.0 Å². The Morgan fingerprint density at radius 3 is 2.60 bits per heavy atom. The van der Waals surface area contributed by atoms with E-state index in [-0.39, 0.29) is 5.28 Å². The fourth-order valence-electron chi connectivity index (χ4n) is 1.74. The Balaban J connectivity index is 2.28. The molecule has 1 aromatic heterocycles. The molecule has 0 amide bonds. The van der Waals surface area contributed by atoms with Crippen molar-refractivity contribution in [1.82, 2.24) is 15.0 Å². The first-order valence-electron chi connectivity index (χ1n) is 6.31. The number of aromatic nitrogens is 3. The van der Waals surface area contributed by atoms with E-state index < -0.39 is 0 Å². The predicted molar refractivity (Wildman–Crippen MR) is 90.8 cm³/mol. The van der Waals surface area contributed by atoms with E-state index in [9.17, 15) is 0 Å². The molecule has 0 fully saturated rings. The van der Waals surface area contributed by atoms with Crippen LogP contribution in [0.5, 0.6) is 0 Å². The van der Waals surface area contributed by atoms with Crippen LogP contribution < -0.4 is 10.2 Å². The second-order valence-corrected chi connectivity index (χ2v) is 5.62. The highest BCUT2D eigenvalue weighted by Crippen LogP contribution is 2.19. The quantitative estimate of drug-likeness (QED) is 0.771. The first kappa shape index (κ1) is 15.2. The van der Waals surface area contributed by atoms with Crippen molar-refractivity contribution < 1.29 is 0 Å². The van der Waals surface area contributed by atoms with Crippen LogP contribution in [0.4, 0.5) is 17.6 Å². The van der Waals surface area contributed by atoms with Crippen molar-refractivity contribution in [2.75, 3.05) is 23.3 Å². The smallest absolute Gasteiger partial charge is 0.233 e. The third-order valence-corrected chi connectivity index (χ3v) is 3.56. The molecule has 5 nitrogen and oxygen atoms in total. The monoisotopic (exact) mass is 403 g/mol. The second-order valence-electron chi connectivity index (χ2n) is 4.04. The molecular formula is C13H15ClIN5. The van der Waals surface area contributed by atoms with Crippen LogP contribution in [0.1, 0.15) is 13.8 Å². The van der Waals surface area contributed by atoms with E-state index in [0.29, 0.717) is 11.9 Å². The van der Waals surface area contributed by atoms with Crippen LogP contribution in [0, 0.1) is 3.57 Å². The van der Waals surface area contributed by atoms with Crippen molar-refractivity contribution >= 4 is 51.8 Å². The normalized spacial score (nSPS) is 10.4. The number of hydrogen-bond donors (Lipinski definition) is 1. The summed E-state index contributed by atoms with van der Waals surface area (Å²) >= 11 is 8.23. The third-order valence-electron chi connectivity index (χ3n) is 2.72. The average molecular weight is 404 g/mol. The molecule has 1 aromatic carbocycles. The average Bonchev–Trinajstić information content (AvgIpc) is 2.39. The molecule has 1 N–H and O–H groups in total. The van der Waals surface area contributed by atoms with Gasteiger partial charge in [0.05, 0.1) is 0 Å². The maximum atomic E-state index is 5.98. The standard InChI is InChI=1S/C13H15ClIN5/c1-3-20(4-2)13-18-11(14)17-12(19-13)16-10-7-5-6-9(15)8-10/h5-8H,3-4H2,1-2H3,(H,16,17,18,19). The van der Waals surface area contributed by atoms with Crippen molar-refractivity contribution in [2.45, 2.75) is 13.8 Å². The van der Waals surface area contributed by atoms with Crippen molar-refractivity contribution in [3.8, 4) is 0 Å². The minimum Gasteiger partial charge on any atom is -0.341 e. The van der Waals surface area contributed by atoms with Crippen LogP contribution in [-0.2, 0) is 0 Å². The lowest BCUT2D eigenvalue weighted by molar-refractivity contribution is 0.814. The van der Waals surface area contributed by atoms with Crippen LogP contribution in [0.2, 0.25) is 5.28 Å². The SMILES string of the molecule is CCN(CC)c1nc(Cl)nc(Nc2cccc(I)c2)n1. The summed E-state index contributed by atoms with van der Waals surface area (Å²) in [5, 5.41) is 3.34. The number of anilines is 3. The van der Waals surface area contributed by atoms with Crippen molar-refractivity contribution in [3.63, 3.8) is 0 Å². The van der Waals surface area contributed by atoms with Gasteiger partial charge in [0, 0.05) is 22.3 Å². The minimum absolute atomic E-state index is 0.190. The summed E-state index contributed by atoms with van der Waals surface area (Å²) in [5.74, 6) is 1.04. The summed E-state index contributed by atoms with van der Waals surface area (Å²) < 4.78 is 1.14. The predicted octanol–water partition coefficient (Wildman–Crippen LogP) is 3.72. The van der Waals surface area contributed by atoms with Gasteiger partial charge < -0.3 is 10.2 Å². The second kappa shape index (κ2) is 7.03. The molecule has 0 atom stereocenters. The molecule has 0 radical (unpaired) electrons. The molecule has 0 saturated carbocycles. The van der Waals surface area contributed by atoms with Crippen LogP contribution in [0.25, 0.3) is 0 Å². The minimum atomic E-state index is 0.190. The topological polar surface area (TPSA) is 53.9 Å². The Bertz CT molecular complexity index is 589. The van der Waals surface area contributed by atoms with Crippen LogP contribution in [0.3, 0.4) is 0 Å². The summed E-state index contributed by atoms with van der Waals surface area (Å²) in [6.07, 6.45) is 0. The van der Waals surface area contributed by atoms with Crippen molar-refractivity contribution in [1.29, 1.82) is 0 Å². The van der Waals surface area contributed by atoms with Gasteiger partial charge in [0.25, 0.3) is 0 Å². The fraction of sp³-hybridized carbons (Fsp3) is 0.308. The zero-order valence-corrected chi connectivity index (χ0v) is 14.2. The summed E-state index contributed by atoms with van der Waals surface area (Å²) in [4.78, 5) is 14.7. The van der Waals surface area contributed by atoms with Gasteiger partial charge in [-0.15, -0.1) is 0 Å². The van der Waals surface area contributed by atoms with Gasteiger partial charge in [-0.05, 0) is 66.2 Å². The molecule has 7 heteroatoms. The molecule has 20 heavy (non-hydrogen) atoms. The lowest BCUT2D eigenvalue weighted by Crippen LogP contribution is -2.24. The first-order valence-corrected chi connectivity index (χ1v) is 7.77. The summed E-state index contributed by atoms with van der Waals surface area (Å²) in [7, 11) is 0. The molecular weight excluding hydrogens is 389 g/mol. The summed E-state index contributed by atoms with van der Waals surface area (Å²) in [6, 6.07) is 7.96. The molecule has 0 saturated heterocycles. The van der Waals surface area contributed by atoms with E-state index in [2.05, 4.69) is 42.9 Å². The molecule has 0 unspecified atom stereocenters. The van der Waals surface area contributed by atoms with Gasteiger partial charge >= 0.3 is 0 Å². The number of halogens is 2. The molecule has 0 aliphatic carbocycles. The Morgan fingerprint density at radius 2 is 1.95 bits per heavy atom. The van der Waals surface area contributed by atoms with E-state index in [4.69, 9.17) is 11.6 Å². The Morgan fingerprint density at radius 1 is 1.20 bits per heavy atom. The molecule has 0 spiro atoms. The Kier molecular flexibility index (Phi) is 5.36. The molecule has 2 rings (SSSR count). The van der Waals surface area contributed by atoms with Gasteiger partial charge in [-0.25, -0.2) is 0 Å². The maximum absolute atomic E-state index is 5.98. The lowest BCUT2D eigenvalue weighted by Gasteiger charge is -2.18. The maximum Gasteiger partial charge on any atom is 0.233 e. The Labute approximate surface area is 136 Å². The van der Waals surface area contributed by atoms with Gasteiger partial charge in [0.15, 0.2) is 0 Å². The van der Waals surface area contributed by atoms with Gasteiger partial charge in [0.2, 0.25) is 17.2 Å². The molecule has 0 aliphatic heterocycles. The molecule has 0 aliphatic rings. The van der Waals surface area contributed by atoms with E-state index in [1.165, 1.54) is 0 Å². The van der Waals surface area contributed by atoms with Gasteiger partial charge in [-0.2, -0.15) is 15.0 Å². The van der Waals surface area contributed by atoms with E-state index in [1.807, 2.05) is 43.0 Å². The van der Waals surface area contributed by atoms with Gasteiger partial charge in [-0.1, -0.05) is 6.07 Å². The lowest BCUT2D eigenvalue weighted by atomic mass is 10.3. The molecule has 2 aromatic rings. The zero-order valence-electron chi connectivity index (χ0n) is 11.3. The number of rotatable bonds is 5. The fourth-order valence-corrected chi connectivity index (χ4v) is 2.44. The molecule has 1 heterocycles. The highest BCUT2D eigenvalue weighted by Gasteiger charge is 2.10. The van der Waals surface area contributed by atoms with E-state index in [0.717, 1.165) is 22.3 Å². The van der Waals surface area contributed by atoms with Gasteiger partial charge in [0.1, 0.15) is 0 Å². The van der Waals surface area contributed by atoms with Crippen molar-refractivity contribution in [3.05, 3.63) is 33.1 Å². The molecule has 0 bridgehead atoms. The Hall–Kier alpha value is -1.15. The van der Waals surface area contributed by atoms with Crippen LogP contribution in [0.15, 0.2) is 24.3 Å². The highest BCUT2D eigenvalue weighted by molar-refractivity contribution is 14.1. The first-order chi connectivity index (χ1) is 9.62. The summed E-state index contributed by atoms with van der Waals surface area (Å²) in [6.45, 7) is 5.74. The highest BCUT2D eigenvalue weighted by atomic mass is 127. The van der Waals surface area contributed by atoms with E-state index in [1.54, 1.807) is 0 Å². The van der Waals surface area contributed by atoms with Gasteiger partial charge in [-0.3, -0.25) is 0 Å². The van der Waals surface area contributed by atoms with E-state index >= 15 is 0 Å². The number of benzene rings is 1. The number of nitrogens with zero attached hydrogens (tertiary/aromatic N) is 4. The number of nitrogens with one attached hydrogen (secondary N) is 1. The van der Waals surface area contributed by atoms with Crippen LogP contribution >= 0.6 is 34.2 Å². The molecule has 106 valence electrons.